The van der Waals surface area contributed by atoms with Gasteiger partial charge in [0, 0.05) is 12.6 Å². The molecule has 0 bridgehead atoms. The number of rotatable bonds is 2. The van der Waals surface area contributed by atoms with Crippen LogP contribution < -0.4 is 9.47 Å². The highest BCUT2D eigenvalue weighted by atomic mass is 19.1. The molecule has 104 valence electrons. The Hall–Kier alpha value is -2.57. The summed E-state index contributed by atoms with van der Waals surface area (Å²) < 4.78 is 25.9. The van der Waals surface area contributed by atoms with E-state index in [4.69, 9.17) is 14.6 Å². The molecule has 7 heteroatoms. The van der Waals surface area contributed by atoms with E-state index in [0.29, 0.717) is 30.2 Å². The first-order valence-electron chi connectivity index (χ1n) is 5.93. The largest absolute Gasteiger partial charge is 0.486 e. The lowest BCUT2D eigenvalue weighted by molar-refractivity contribution is 0.0689. The van der Waals surface area contributed by atoms with Crippen LogP contribution in [0, 0.1) is 5.82 Å². The van der Waals surface area contributed by atoms with Crippen molar-refractivity contribution in [3.05, 3.63) is 29.7 Å². The summed E-state index contributed by atoms with van der Waals surface area (Å²) >= 11 is 0. The lowest BCUT2D eigenvalue weighted by atomic mass is 10.1. The third kappa shape index (κ3) is 1.97. The highest BCUT2D eigenvalue weighted by Crippen LogP contribution is 2.37. The molecule has 1 aromatic carbocycles. The van der Waals surface area contributed by atoms with Gasteiger partial charge in [-0.15, -0.1) is 0 Å². The van der Waals surface area contributed by atoms with Crippen LogP contribution in [0.15, 0.2) is 18.2 Å². The fourth-order valence-electron chi connectivity index (χ4n) is 2.10. The molecule has 0 amide bonds. The molecule has 6 nitrogen and oxygen atoms in total. The van der Waals surface area contributed by atoms with Gasteiger partial charge in [-0.2, -0.15) is 5.10 Å². The number of carboxylic acid groups (broad SMARTS) is 1. The van der Waals surface area contributed by atoms with E-state index in [1.54, 1.807) is 13.1 Å². The quantitative estimate of drug-likeness (QED) is 0.905. The van der Waals surface area contributed by atoms with Crippen LogP contribution in [-0.2, 0) is 7.05 Å². The fraction of sp³-hybridized carbons (Fsp3) is 0.231. The van der Waals surface area contributed by atoms with Crippen LogP contribution in [0.25, 0.3) is 11.3 Å². The maximum Gasteiger partial charge on any atom is 0.356 e. The summed E-state index contributed by atoms with van der Waals surface area (Å²) in [4.78, 5) is 10.9. The van der Waals surface area contributed by atoms with Crippen LogP contribution in [0.3, 0.4) is 0 Å². The van der Waals surface area contributed by atoms with Crippen LogP contribution in [0.2, 0.25) is 0 Å². The Kier molecular flexibility index (Phi) is 2.81. The van der Waals surface area contributed by atoms with Crippen molar-refractivity contribution >= 4 is 5.97 Å². The van der Waals surface area contributed by atoms with E-state index in [1.807, 2.05) is 0 Å². The van der Waals surface area contributed by atoms with Crippen molar-refractivity contribution in [2.75, 3.05) is 13.2 Å². The highest BCUT2D eigenvalue weighted by Gasteiger charge is 2.20. The Bertz CT molecular complexity index is 696. The second-order valence-electron chi connectivity index (χ2n) is 4.33. The smallest absolute Gasteiger partial charge is 0.356 e. The van der Waals surface area contributed by atoms with Crippen molar-refractivity contribution < 1.29 is 23.8 Å². The molecule has 1 aromatic heterocycles. The third-order valence-electron chi connectivity index (χ3n) is 2.99. The van der Waals surface area contributed by atoms with Gasteiger partial charge in [-0.05, 0) is 18.2 Å². The van der Waals surface area contributed by atoms with Gasteiger partial charge in [-0.3, -0.25) is 4.68 Å². The zero-order valence-corrected chi connectivity index (χ0v) is 10.6. The molecular formula is C13H11FN2O4. The molecular weight excluding hydrogens is 267 g/mol. The minimum absolute atomic E-state index is 0.0839. The third-order valence-corrected chi connectivity index (χ3v) is 2.99. The number of fused-ring (bicyclic) bond motifs is 1. The predicted molar refractivity (Wildman–Crippen MR) is 66.6 cm³/mol. The Morgan fingerprint density at radius 3 is 2.80 bits per heavy atom. The van der Waals surface area contributed by atoms with Gasteiger partial charge in [0.1, 0.15) is 13.2 Å². The number of carboxylic acids is 1. The average Bonchev–Trinajstić information content (AvgIpc) is 2.81. The molecule has 2 aromatic rings. The molecule has 0 spiro atoms. The van der Waals surface area contributed by atoms with Crippen molar-refractivity contribution in [3.8, 4) is 22.8 Å². The standard InChI is InChI=1S/C13H11FN2O4/c1-16-10(6-9(15-16)13(17)18)7-4-8(14)12-11(5-7)19-2-3-20-12/h4-6H,2-3H2,1H3,(H,17,18). The van der Waals surface area contributed by atoms with Crippen LogP contribution in [0.5, 0.6) is 11.5 Å². The highest BCUT2D eigenvalue weighted by molar-refractivity contribution is 5.87. The monoisotopic (exact) mass is 278 g/mol. The first kappa shape index (κ1) is 12.5. The molecule has 0 saturated heterocycles. The number of aromatic nitrogens is 2. The summed E-state index contributed by atoms with van der Waals surface area (Å²) in [7, 11) is 1.59. The van der Waals surface area contributed by atoms with Crippen molar-refractivity contribution in [2.24, 2.45) is 7.05 Å². The molecule has 1 aliphatic rings. The van der Waals surface area contributed by atoms with Gasteiger partial charge in [-0.1, -0.05) is 0 Å². The number of nitrogens with zero attached hydrogens (tertiary/aromatic N) is 2. The van der Waals surface area contributed by atoms with E-state index < -0.39 is 11.8 Å². The SMILES string of the molecule is Cn1nc(C(=O)O)cc1-c1cc(F)c2c(c1)OCCO2. The molecule has 1 aliphatic heterocycles. The number of aromatic carboxylic acids is 1. The second kappa shape index (κ2) is 4.52. The molecule has 2 heterocycles. The van der Waals surface area contributed by atoms with Gasteiger partial charge in [0.25, 0.3) is 0 Å². The first-order valence-corrected chi connectivity index (χ1v) is 5.93. The Morgan fingerprint density at radius 2 is 2.10 bits per heavy atom. The lowest BCUT2D eigenvalue weighted by Gasteiger charge is -2.19. The van der Waals surface area contributed by atoms with E-state index in [1.165, 1.54) is 16.8 Å². The predicted octanol–water partition coefficient (Wildman–Crippen LogP) is 1.70. The Labute approximate surface area is 113 Å². The molecule has 0 atom stereocenters. The number of ether oxygens (including phenoxy) is 2. The van der Waals surface area contributed by atoms with Crippen molar-refractivity contribution in [3.63, 3.8) is 0 Å². The minimum Gasteiger partial charge on any atom is -0.486 e. The summed E-state index contributed by atoms with van der Waals surface area (Å²) in [6.45, 7) is 0.653. The molecule has 0 fully saturated rings. The number of halogens is 1. The summed E-state index contributed by atoms with van der Waals surface area (Å²) in [6.07, 6.45) is 0. The molecule has 0 aliphatic carbocycles. The topological polar surface area (TPSA) is 73.6 Å². The molecule has 3 rings (SSSR count). The summed E-state index contributed by atoms with van der Waals surface area (Å²) in [5.74, 6) is -1.29. The van der Waals surface area contributed by atoms with E-state index in [-0.39, 0.29) is 11.4 Å². The van der Waals surface area contributed by atoms with Gasteiger partial charge in [0.15, 0.2) is 23.0 Å². The van der Waals surface area contributed by atoms with Gasteiger partial charge in [-0.25, -0.2) is 9.18 Å². The zero-order chi connectivity index (χ0) is 14.3. The van der Waals surface area contributed by atoms with Gasteiger partial charge in [0.2, 0.25) is 0 Å². The Balaban J connectivity index is 2.10. The Morgan fingerprint density at radius 1 is 1.35 bits per heavy atom. The zero-order valence-electron chi connectivity index (χ0n) is 10.6. The van der Waals surface area contributed by atoms with E-state index in [9.17, 15) is 9.18 Å². The van der Waals surface area contributed by atoms with Crippen molar-refractivity contribution in [1.82, 2.24) is 9.78 Å². The van der Waals surface area contributed by atoms with Crippen LogP contribution in [0.1, 0.15) is 10.5 Å². The number of benzene rings is 1. The number of carbonyl (C=O) groups is 1. The normalized spacial score (nSPS) is 13.3. The molecule has 0 saturated carbocycles. The van der Waals surface area contributed by atoms with Gasteiger partial charge < -0.3 is 14.6 Å². The average molecular weight is 278 g/mol. The minimum atomic E-state index is -1.13. The number of hydrogen-bond acceptors (Lipinski definition) is 4. The molecule has 1 N–H and O–H groups in total. The van der Waals surface area contributed by atoms with Gasteiger partial charge in [0.05, 0.1) is 5.69 Å². The fourth-order valence-corrected chi connectivity index (χ4v) is 2.10. The molecule has 0 unspecified atom stereocenters. The van der Waals surface area contributed by atoms with Crippen molar-refractivity contribution in [2.45, 2.75) is 0 Å². The maximum atomic E-state index is 14.0. The van der Waals surface area contributed by atoms with Crippen molar-refractivity contribution in [1.29, 1.82) is 0 Å². The van der Waals surface area contributed by atoms with Crippen LogP contribution in [0.4, 0.5) is 4.39 Å². The summed E-state index contributed by atoms with van der Waals surface area (Å²) in [5.41, 5.74) is 0.866. The van der Waals surface area contributed by atoms with Crippen LogP contribution >= 0.6 is 0 Å². The molecule has 0 radical (unpaired) electrons. The van der Waals surface area contributed by atoms with E-state index in [0.717, 1.165) is 0 Å². The van der Waals surface area contributed by atoms with Gasteiger partial charge >= 0.3 is 5.97 Å². The maximum absolute atomic E-state index is 14.0. The van der Waals surface area contributed by atoms with E-state index in [2.05, 4.69) is 5.10 Å². The number of hydrogen-bond donors (Lipinski definition) is 1. The van der Waals surface area contributed by atoms with E-state index >= 15 is 0 Å². The summed E-state index contributed by atoms with van der Waals surface area (Å²) in [6, 6.07) is 4.27. The number of aryl methyl sites for hydroxylation is 1. The first-order chi connectivity index (χ1) is 9.56. The van der Waals surface area contributed by atoms with Crippen LogP contribution in [-0.4, -0.2) is 34.1 Å². The second-order valence-corrected chi connectivity index (χ2v) is 4.33. The lowest BCUT2D eigenvalue weighted by Crippen LogP contribution is -2.16. The summed E-state index contributed by atoms with van der Waals surface area (Å²) in [5, 5.41) is 12.8. The molecule has 20 heavy (non-hydrogen) atoms.